The Morgan fingerprint density at radius 3 is 2.40 bits per heavy atom. The van der Waals surface area contributed by atoms with Gasteiger partial charge in [-0.15, -0.1) is 0 Å². The van der Waals surface area contributed by atoms with E-state index in [9.17, 15) is 14.9 Å². The Hall–Kier alpha value is -1.95. The SMILES string of the molecule is COC(=O)[C@H](CC(C)C)NCc1ccc([N+](=O)[O-])cc1. The van der Waals surface area contributed by atoms with Crippen LogP contribution in [0.1, 0.15) is 25.8 Å². The van der Waals surface area contributed by atoms with Gasteiger partial charge in [-0.1, -0.05) is 26.0 Å². The van der Waals surface area contributed by atoms with Crippen molar-refractivity contribution in [2.45, 2.75) is 32.9 Å². The van der Waals surface area contributed by atoms with Gasteiger partial charge >= 0.3 is 5.97 Å². The minimum absolute atomic E-state index is 0.0560. The number of nitrogens with zero attached hydrogens (tertiary/aromatic N) is 1. The van der Waals surface area contributed by atoms with Crippen LogP contribution in [0.5, 0.6) is 0 Å². The van der Waals surface area contributed by atoms with Crippen LogP contribution in [0, 0.1) is 16.0 Å². The number of benzene rings is 1. The van der Waals surface area contributed by atoms with Gasteiger partial charge in [-0.2, -0.15) is 0 Å². The Kier molecular flexibility index (Phi) is 6.11. The first-order chi connectivity index (χ1) is 9.43. The van der Waals surface area contributed by atoms with Crippen LogP contribution in [0.3, 0.4) is 0 Å². The summed E-state index contributed by atoms with van der Waals surface area (Å²) in [5, 5.41) is 13.7. The number of hydrogen-bond donors (Lipinski definition) is 1. The Morgan fingerprint density at radius 2 is 1.95 bits per heavy atom. The van der Waals surface area contributed by atoms with Crippen LogP contribution in [0.4, 0.5) is 5.69 Å². The fourth-order valence-electron chi connectivity index (χ4n) is 1.85. The number of non-ortho nitro benzene ring substituents is 1. The van der Waals surface area contributed by atoms with Crippen molar-refractivity contribution in [1.82, 2.24) is 5.32 Å². The molecule has 6 nitrogen and oxygen atoms in total. The van der Waals surface area contributed by atoms with E-state index in [1.807, 2.05) is 13.8 Å². The normalized spacial score (nSPS) is 12.2. The molecule has 0 aliphatic rings. The molecular weight excluding hydrogens is 260 g/mol. The molecule has 0 radical (unpaired) electrons. The topological polar surface area (TPSA) is 81.5 Å². The molecule has 0 unspecified atom stereocenters. The predicted molar refractivity (Wildman–Crippen MR) is 75.2 cm³/mol. The lowest BCUT2D eigenvalue weighted by atomic mass is 10.0. The molecule has 6 heteroatoms. The van der Waals surface area contributed by atoms with Gasteiger partial charge in [-0.3, -0.25) is 14.9 Å². The van der Waals surface area contributed by atoms with E-state index in [0.717, 1.165) is 5.56 Å². The van der Waals surface area contributed by atoms with Crippen LogP contribution in [0.25, 0.3) is 0 Å². The number of methoxy groups -OCH3 is 1. The number of nitro benzene ring substituents is 1. The van der Waals surface area contributed by atoms with Crippen LogP contribution in [0.15, 0.2) is 24.3 Å². The van der Waals surface area contributed by atoms with Gasteiger partial charge < -0.3 is 10.1 Å². The summed E-state index contributed by atoms with van der Waals surface area (Å²) < 4.78 is 4.76. The summed E-state index contributed by atoms with van der Waals surface area (Å²) in [6.07, 6.45) is 0.680. The van der Waals surface area contributed by atoms with Crippen LogP contribution < -0.4 is 5.32 Å². The van der Waals surface area contributed by atoms with E-state index in [4.69, 9.17) is 4.74 Å². The molecule has 0 amide bonds. The molecule has 0 bridgehead atoms. The van der Waals surface area contributed by atoms with Gasteiger partial charge in [0.2, 0.25) is 0 Å². The van der Waals surface area contributed by atoms with Crippen molar-refractivity contribution < 1.29 is 14.5 Å². The third kappa shape index (κ3) is 4.97. The van der Waals surface area contributed by atoms with E-state index >= 15 is 0 Å². The number of carbonyl (C=O) groups excluding carboxylic acids is 1. The van der Waals surface area contributed by atoms with E-state index in [-0.39, 0.29) is 17.7 Å². The van der Waals surface area contributed by atoms with Crippen molar-refractivity contribution >= 4 is 11.7 Å². The fourth-order valence-corrected chi connectivity index (χ4v) is 1.85. The monoisotopic (exact) mass is 280 g/mol. The zero-order valence-corrected chi connectivity index (χ0v) is 12.0. The number of rotatable bonds is 7. The van der Waals surface area contributed by atoms with Crippen LogP contribution in [0.2, 0.25) is 0 Å². The van der Waals surface area contributed by atoms with Gasteiger partial charge in [0.15, 0.2) is 0 Å². The highest BCUT2D eigenvalue weighted by atomic mass is 16.6. The maximum Gasteiger partial charge on any atom is 0.322 e. The third-order valence-electron chi connectivity index (χ3n) is 2.89. The predicted octanol–water partition coefficient (Wildman–Crippen LogP) is 2.27. The van der Waals surface area contributed by atoms with Gasteiger partial charge in [-0.25, -0.2) is 0 Å². The average molecular weight is 280 g/mol. The number of nitro groups is 1. The second-order valence-corrected chi connectivity index (χ2v) is 5.01. The summed E-state index contributed by atoms with van der Waals surface area (Å²) in [6.45, 7) is 4.53. The number of ether oxygens (including phenoxy) is 1. The van der Waals surface area contributed by atoms with Crippen LogP contribution in [-0.2, 0) is 16.1 Å². The summed E-state index contributed by atoms with van der Waals surface area (Å²) in [6, 6.07) is 5.89. The average Bonchev–Trinajstić information content (AvgIpc) is 2.42. The quantitative estimate of drug-likeness (QED) is 0.470. The van der Waals surface area contributed by atoms with E-state index in [2.05, 4.69) is 5.32 Å². The Bertz CT molecular complexity index is 457. The number of esters is 1. The molecule has 1 atom stereocenters. The molecule has 110 valence electrons. The largest absolute Gasteiger partial charge is 0.468 e. The van der Waals surface area contributed by atoms with Crippen LogP contribution >= 0.6 is 0 Å². The number of carbonyl (C=O) groups is 1. The number of hydrogen-bond acceptors (Lipinski definition) is 5. The lowest BCUT2D eigenvalue weighted by Gasteiger charge is -2.18. The first-order valence-electron chi connectivity index (χ1n) is 6.48. The molecule has 0 aliphatic carbocycles. The van der Waals surface area contributed by atoms with E-state index in [0.29, 0.717) is 18.9 Å². The summed E-state index contributed by atoms with van der Waals surface area (Å²) in [5.41, 5.74) is 0.939. The molecule has 0 saturated heterocycles. The van der Waals surface area contributed by atoms with E-state index in [1.165, 1.54) is 19.2 Å². The lowest BCUT2D eigenvalue weighted by molar-refractivity contribution is -0.384. The van der Waals surface area contributed by atoms with Gasteiger partial charge in [0.1, 0.15) is 6.04 Å². The minimum Gasteiger partial charge on any atom is -0.468 e. The highest BCUT2D eigenvalue weighted by Gasteiger charge is 2.19. The highest BCUT2D eigenvalue weighted by Crippen LogP contribution is 2.13. The molecule has 1 rings (SSSR count). The second kappa shape index (κ2) is 7.59. The summed E-state index contributed by atoms with van der Waals surface area (Å²) in [5.74, 6) is 0.0732. The van der Waals surface area contributed by atoms with Crippen LogP contribution in [-0.4, -0.2) is 24.0 Å². The van der Waals surface area contributed by atoms with E-state index < -0.39 is 4.92 Å². The maximum atomic E-state index is 11.6. The smallest absolute Gasteiger partial charge is 0.322 e. The van der Waals surface area contributed by atoms with Gasteiger partial charge in [0.25, 0.3) is 5.69 Å². The first-order valence-corrected chi connectivity index (χ1v) is 6.48. The van der Waals surface area contributed by atoms with Gasteiger partial charge in [0.05, 0.1) is 12.0 Å². The zero-order valence-electron chi connectivity index (χ0n) is 12.0. The molecular formula is C14H20N2O4. The van der Waals surface area contributed by atoms with Crippen molar-refractivity contribution in [3.8, 4) is 0 Å². The summed E-state index contributed by atoms with van der Waals surface area (Å²) >= 11 is 0. The van der Waals surface area contributed by atoms with Crippen molar-refractivity contribution in [3.63, 3.8) is 0 Å². The standard InChI is InChI=1S/C14H20N2O4/c1-10(2)8-13(14(17)20-3)15-9-11-4-6-12(7-5-11)16(18)19/h4-7,10,13,15H,8-9H2,1-3H3/t13-/m0/s1. The Morgan fingerprint density at radius 1 is 1.35 bits per heavy atom. The molecule has 1 N–H and O–H groups in total. The summed E-state index contributed by atoms with van der Waals surface area (Å²) in [4.78, 5) is 21.8. The zero-order chi connectivity index (χ0) is 15.1. The lowest BCUT2D eigenvalue weighted by Crippen LogP contribution is -2.38. The molecule has 20 heavy (non-hydrogen) atoms. The molecule has 0 saturated carbocycles. The highest BCUT2D eigenvalue weighted by molar-refractivity contribution is 5.75. The van der Waals surface area contributed by atoms with Crippen molar-refractivity contribution in [1.29, 1.82) is 0 Å². The van der Waals surface area contributed by atoms with Gasteiger partial charge in [-0.05, 0) is 17.9 Å². The molecule has 1 aromatic rings. The van der Waals surface area contributed by atoms with Gasteiger partial charge in [0, 0.05) is 18.7 Å². The molecule has 1 aromatic carbocycles. The minimum atomic E-state index is -0.437. The summed E-state index contributed by atoms with van der Waals surface area (Å²) in [7, 11) is 1.36. The maximum absolute atomic E-state index is 11.6. The Labute approximate surface area is 118 Å². The molecule has 0 spiro atoms. The molecule has 0 aliphatic heterocycles. The number of nitrogens with one attached hydrogen (secondary N) is 1. The first kappa shape index (κ1) is 16.1. The second-order valence-electron chi connectivity index (χ2n) is 5.01. The van der Waals surface area contributed by atoms with E-state index in [1.54, 1.807) is 12.1 Å². The third-order valence-corrected chi connectivity index (χ3v) is 2.89. The van der Waals surface area contributed by atoms with Crippen molar-refractivity contribution in [2.75, 3.05) is 7.11 Å². The fraction of sp³-hybridized carbons (Fsp3) is 0.500. The van der Waals surface area contributed by atoms with Crippen molar-refractivity contribution in [2.24, 2.45) is 5.92 Å². The molecule has 0 fully saturated rings. The Balaban J connectivity index is 2.62. The molecule has 0 aromatic heterocycles. The molecule has 0 heterocycles. The van der Waals surface area contributed by atoms with Crippen molar-refractivity contribution in [3.05, 3.63) is 39.9 Å².